The Hall–Kier alpha value is -2.42. The summed E-state index contributed by atoms with van der Waals surface area (Å²) in [5.41, 5.74) is 6.57. The molecule has 0 bridgehead atoms. The van der Waals surface area contributed by atoms with Crippen molar-refractivity contribution in [3.8, 4) is 0 Å². The molecule has 276 valence electrons. The summed E-state index contributed by atoms with van der Waals surface area (Å²) in [5, 5.41) is 4.95. The van der Waals surface area contributed by atoms with Gasteiger partial charge in [0, 0.05) is 46.1 Å². The van der Waals surface area contributed by atoms with Crippen molar-refractivity contribution in [3.63, 3.8) is 0 Å². The molecule has 7 rings (SSSR count). The van der Waals surface area contributed by atoms with Crippen LogP contribution in [0.3, 0.4) is 0 Å². The van der Waals surface area contributed by atoms with Gasteiger partial charge in [-0.15, -0.1) is 0 Å². The molecule has 2 aliphatic heterocycles. The normalized spacial score (nSPS) is 19.7. The van der Waals surface area contributed by atoms with Gasteiger partial charge in [0.25, 0.3) is 0 Å². The molecule has 0 fully saturated rings. The van der Waals surface area contributed by atoms with Gasteiger partial charge in [0.05, 0.1) is 27.0 Å². The molecule has 0 aromatic heterocycles. The van der Waals surface area contributed by atoms with E-state index in [1.54, 1.807) is 0 Å². The van der Waals surface area contributed by atoms with Gasteiger partial charge in [0.2, 0.25) is 5.69 Å². The summed E-state index contributed by atoms with van der Waals surface area (Å²) in [6.45, 7) is 8.53. The molecule has 0 saturated carbocycles. The molecule has 0 unspecified atom stereocenters. The van der Waals surface area contributed by atoms with E-state index in [9.17, 15) is 25.9 Å². The minimum atomic E-state index is -4.46. The number of nitrogens with zero attached hydrogens (tertiary/aromatic N) is 2. The molecule has 0 amide bonds. The number of fused-ring (bicyclic) bond motifs is 6. The third-order valence-corrected chi connectivity index (χ3v) is 12.8. The van der Waals surface area contributed by atoms with Crippen molar-refractivity contribution in [1.82, 2.24) is 0 Å². The number of benzene rings is 4. The second kappa shape index (κ2) is 15.5. The van der Waals surface area contributed by atoms with E-state index in [2.05, 4.69) is 52.0 Å². The maximum Gasteiger partial charge on any atom is 1.00 e. The number of rotatable bonds is 9. The fraction of sp³-hybridized carbons (Fsp3) is 0.310. The molecular weight excluding hydrogens is 767 g/mol. The summed E-state index contributed by atoms with van der Waals surface area (Å²) < 4.78 is 72.7. The first-order chi connectivity index (χ1) is 25.0. The number of anilines is 1. The van der Waals surface area contributed by atoms with Crippen LogP contribution in [0, 0.1) is 0 Å². The predicted octanol–water partition coefficient (Wildman–Crippen LogP) is 5.30. The summed E-state index contributed by atoms with van der Waals surface area (Å²) >= 11 is 7.16. The molecule has 8 nitrogen and oxygen atoms in total. The maximum absolute atomic E-state index is 11.8. The molecular formula is C42H42ClKN2O6S2. The molecule has 2 heterocycles. The number of halogens is 1. The average Bonchev–Trinajstić information content (AvgIpc) is 3.46. The predicted molar refractivity (Wildman–Crippen MR) is 212 cm³/mol. The molecule has 0 radical (unpaired) electrons. The molecule has 3 aliphatic rings. The minimum absolute atomic E-state index is 0. The quantitative estimate of drug-likeness (QED) is 0.128. The van der Waals surface area contributed by atoms with Crippen LogP contribution in [-0.2, 0) is 31.1 Å². The molecule has 1 aliphatic carbocycles. The van der Waals surface area contributed by atoms with Crippen LogP contribution >= 0.6 is 11.6 Å². The standard InChI is InChI=1S/C42H43ClN2O6S2.K/c1-41(2)36(44(24-26-52(46,47)48)34-20-16-28-10-5-7-14-32(28)38(34)41)22-18-30-12-9-13-31(40(30)43)19-23-37-42(3,4)39-33-15-8-6-11-29(33)17-21-35(39)45(37)25-27-53(49,50)51;/h5-8,10-11,14-23H,9,12-13,24-27H2,1-4H3,(H-,46,47,48,49,50,51);/q;+1/p-1. The van der Waals surface area contributed by atoms with Crippen LogP contribution in [0.5, 0.6) is 0 Å². The smallest absolute Gasteiger partial charge is 0.748 e. The van der Waals surface area contributed by atoms with Crippen molar-refractivity contribution in [2.75, 3.05) is 29.5 Å². The third kappa shape index (κ3) is 7.91. The average molecular weight is 809 g/mol. The summed E-state index contributed by atoms with van der Waals surface area (Å²) in [5.74, 6) is -1.04. The fourth-order valence-corrected chi connectivity index (χ4v) is 9.65. The Balaban J connectivity index is 0.00000497. The van der Waals surface area contributed by atoms with E-state index in [4.69, 9.17) is 11.6 Å². The van der Waals surface area contributed by atoms with Crippen LogP contribution in [0.1, 0.15) is 58.1 Å². The number of hydrogen-bond acceptors (Lipinski definition) is 7. The molecule has 12 heteroatoms. The van der Waals surface area contributed by atoms with Gasteiger partial charge in [0.1, 0.15) is 10.1 Å². The first kappa shape index (κ1) is 41.2. The van der Waals surface area contributed by atoms with E-state index in [-0.39, 0.29) is 64.5 Å². The van der Waals surface area contributed by atoms with Crippen LogP contribution in [-0.4, -0.2) is 60.8 Å². The summed E-state index contributed by atoms with van der Waals surface area (Å²) in [7, 11) is -8.91. The van der Waals surface area contributed by atoms with E-state index in [0.29, 0.717) is 5.03 Å². The van der Waals surface area contributed by atoms with Crippen LogP contribution in [0.2, 0.25) is 0 Å². The van der Waals surface area contributed by atoms with E-state index < -0.39 is 42.6 Å². The Morgan fingerprint density at radius 1 is 0.759 bits per heavy atom. The van der Waals surface area contributed by atoms with Crippen molar-refractivity contribution in [2.45, 2.75) is 57.8 Å². The van der Waals surface area contributed by atoms with Gasteiger partial charge in [-0.2, -0.15) is 4.58 Å². The van der Waals surface area contributed by atoms with Crippen LogP contribution in [0.15, 0.2) is 119 Å². The van der Waals surface area contributed by atoms with Gasteiger partial charge in [-0.3, -0.25) is 0 Å². The zero-order chi connectivity index (χ0) is 37.9. The Labute approximate surface area is 365 Å². The largest absolute Gasteiger partial charge is 1.00 e. The van der Waals surface area contributed by atoms with E-state index >= 15 is 0 Å². The molecule has 4 aromatic carbocycles. The van der Waals surface area contributed by atoms with Gasteiger partial charge < -0.3 is 14.0 Å². The molecule has 54 heavy (non-hydrogen) atoms. The Bertz CT molecular complexity index is 2570. The third-order valence-electron chi connectivity index (χ3n) is 11.0. The van der Waals surface area contributed by atoms with Crippen LogP contribution in [0.25, 0.3) is 21.5 Å². The number of hydrogen-bond donors (Lipinski definition) is 0. The first-order valence-corrected chi connectivity index (χ1v) is 21.3. The second-order valence-electron chi connectivity index (χ2n) is 15.1. The van der Waals surface area contributed by atoms with Crippen molar-refractivity contribution < 1.29 is 81.9 Å². The van der Waals surface area contributed by atoms with E-state index in [0.717, 1.165) is 85.9 Å². The Morgan fingerprint density at radius 2 is 1.37 bits per heavy atom. The van der Waals surface area contributed by atoms with Crippen LogP contribution in [0.4, 0.5) is 11.4 Å². The molecule has 0 spiro atoms. The SMILES string of the molecule is CC1(C)C(/C=C/C2=C(Cl)C(=C/C=C3/N(CCS(=O)(=O)[O-])c4ccc5ccccc5c4C3(C)C)/CCC2)=[N+](CCS(=O)(=O)[O-])c2ccc3ccccc3c21.[K+]. The molecule has 4 aromatic rings. The van der Waals surface area contributed by atoms with Gasteiger partial charge in [-0.05, 0) is 89.6 Å². The maximum atomic E-state index is 11.8. The van der Waals surface area contributed by atoms with E-state index in [1.807, 2.05) is 82.3 Å². The Kier molecular flexibility index (Phi) is 11.8. The monoisotopic (exact) mass is 808 g/mol. The van der Waals surface area contributed by atoms with Crippen molar-refractivity contribution >= 4 is 70.5 Å². The van der Waals surface area contributed by atoms with Crippen LogP contribution < -0.4 is 56.3 Å². The zero-order valence-corrected chi connectivity index (χ0v) is 36.7. The Morgan fingerprint density at radius 3 is 2.02 bits per heavy atom. The zero-order valence-electron chi connectivity index (χ0n) is 31.2. The topological polar surface area (TPSA) is 121 Å². The van der Waals surface area contributed by atoms with Gasteiger partial charge in [0.15, 0.2) is 12.3 Å². The molecule has 0 saturated heterocycles. The van der Waals surface area contributed by atoms with E-state index in [1.165, 1.54) is 0 Å². The second-order valence-corrected chi connectivity index (χ2v) is 18.5. The fourth-order valence-electron chi connectivity index (χ4n) is 8.53. The van der Waals surface area contributed by atoms with Crippen molar-refractivity contribution in [1.29, 1.82) is 0 Å². The van der Waals surface area contributed by atoms with Gasteiger partial charge in [-0.1, -0.05) is 92.2 Å². The van der Waals surface area contributed by atoms with Crippen molar-refractivity contribution in [3.05, 3.63) is 130 Å². The minimum Gasteiger partial charge on any atom is -0.748 e. The molecule has 0 atom stereocenters. The summed E-state index contributed by atoms with van der Waals surface area (Å²) in [6.07, 6.45) is 10.4. The van der Waals surface area contributed by atoms with Gasteiger partial charge >= 0.3 is 51.4 Å². The van der Waals surface area contributed by atoms with Gasteiger partial charge in [-0.25, -0.2) is 16.8 Å². The molecule has 0 N–H and O–H groups in total. The number of allylic oxidation sites excluding steroid dienone is 8. The van der Waals surface area contributed by atoms with Crippen molar-refractivity contribution in [2.24, 2.45) is 0 Å². The first-order valence-electron chi connectivity index (χ1n) is 17.8. The summed E-state index contributed by atoms with van der Waals surface area (Å²) in [4.78, 5) is 1.95. The summed E-state index contributed by atoms with van der Waals surface area (Å²) in [6, 6.07) is 24.3.